The van der Waals surface area contributed by atoms with Gasteiger partial charge in [0.05, 0.1) is 24.6 Å². The van der Waals surface area contributed by atoms with Crippen LogP contribution in [0.2, 0.25) is 0 Å². The fourth-order valence-corrected chi connectivity index (χ4v) is 1.59. The highest BCUT2D eigenvalue weighted by Crippen LogP contribution is 2.02. The van der Waals surface area contributed by atoms with E-state index in [0.29, 0.717) is 11.3 Å². The lowest BCUT2D eigenvalue weighted by atomic mass is 10.1. The smallest absolute Gasteiger partial charge is 0.335 e. The standard InChI is InChI=1S/C15H13N3O5/c19-13(16-9-12-2-1-7-23-12)14(20)18-17-8-10-3-5-11(6-4-10)15(21)22/h1-8H,9H2,(H,16,19)(H,18,20)(H,21,22). The predicted octanol–water partition coefficient (Wildman–Crippen LogP) is 0.744. The molecule has 0 unspecified atom stereocenters. The molecule has 2 amide bonds. The summed E-state index contributed by atoms with van der Waals surface area (Å²) in [5.41, 5.74) is 2.79. The van der Waals surface area contributed by atoms with Crippen molar-refractivity contribution in [3.05, 3.63) is 59.5 Å². The molecule has 0 atom stereocenters. The van der Waals surface area contributed by atoms with Crippen LogP contribution in [-0.4, -0.2) is 29.1 Å². The van der Waals surface area contributed by atoms with Crippen molar-refractivity contribution in [2.45, 2.75) is 6.54 Å². The summed E-state index contributed by atoms with van der Waals surface area (Å²) in [7, 11) is 0. The third-order valence-corrected chi connectivity index (χ3v) is 2.75. The van der Waals surface area contributed by atoms with E-state index in [1.54, 1.807) is 12.1 Å². The maximum Gasteiger partial charge on any atom is 0.335 e. The lowest BCUT2D eigenvalue weighted by Crippen LogP contribution is -2.37. The van der Waals surface area contributed by atoms with E-state index in [1.165, 1.54) is 36.7 Å². The number of carboxylic acids is 1. The van der Waals surface area contributed by atoms with E-state index in [9.17, 15) is 14.4 Å². The highest BCUT2D eigenvalue weighted by atomic mass is 16.4. The first kappa shape index (κ1) is 16.0. The first-order valence-corrected chi connectivity index (χ1v) is 6.53. The van der Waals surface area contributed by atoms with Gasteiger partial charge in [-0.25, -0.2) is 10.2 Å². The number of nitrogens with zero attached hydrogens (tertiary/aromatic N) is 1. The third kappa shape index (κ3) is 4.81. The van der Waals surface area contributed by atoms with Crippen LogP contribution in [-0.2, 0) is 16.1 Å². The second kappa shape index (κ2) is 7.55. The Labute approximate surface area is 130 Å². The Morgan fingerprint density at radius 3 is 2.48 bits per heavy atom. The normalized spacial score (nSPS) is 10.4. The summed E-state index contributed by atoms with van der Waals surface area (Å²) in [6.45, 7) is 0.0968. The summed E-state index contributed by atoms with van der Waals surface area (Å²) in [5, 5.41) is 14.8. The molecular weight excluding hydrogens is 302 g/mol. The van der Waals surface area contributed by atoms with Gasteiger partial charge in [0.2, 0.25) is 0 Å². The fourth-order valence-electron chi connectivity index (χ4n) is 1.59. The van der Waals surface area contributed by atoms with Gasteiger partial charge in [-0.1, -0.05) is 12.1 Å². The topological polar surface area (TPSA) is 121 Å². The van der Waals surface area contributed by atoms with Crippen LogP contribution in [0.4, 0.5) is 0 Å². The molecule has 2 rings (SSSR count). The second-order valence-electron chi connectivity index (χ2n) is 4.39. The maximum atomic E-state index is 11.5. The van der Waals surface area contributed by atoms with Crippen LogP contribution in [0.5, 0.6) is 0 Å². The Morgan fingerprint density at radius 2 is 1.87 bits per heavy atom. The van der Waals surface area contributed by atoms with Crippen LogP contribution in [0.1, 0.15) is 21.7 Å². The molecule has 0 aliphatic heterocycles. The largest absolute Gasteiger partial charge is 0.478 e. The van der Waals surface area contributed by atoms with Crippen LogP contribution < -0.4 is 10.7 Å². The predicted molar refractivity (Wildman–Crippen MR) is 79.7 cm³/mol. The summed E-state index contributed by atoms with van der Waals surface area (Å²) in [6, 6.07) is 9.19. The second-order valence-corrected chi connectivity index (χ2v) is 4.39. The number of furan rings is 1. The highest BCUT2D eigenvalue weighted by molar-refractivity contribution is 6.35. The molecule has 8 heteroatoms. The fraction of sp³-hybridized carbons (Fsp3) is 0.0667. The van der Waals surface area contributed by atoms with E-state index < -0.39 is 17.8 Å². The minimum atomic E-state index is -1.03. The Balaban J connectivity index is 1.80. The van der Waals surface area contributed by atoms with Gasteiger partial charge in [0.15, 0.2) is 0 Å². The van der Waals surface area contributed by atoms with Crippen molar-refractivity contribution >= 4 is 24.0 Å². The number of hydrogen-bond donors (Lipinski definition) is 3. The van der Waals surface area contributed by atoms with E-state index in [2.05, 4.69) is 15.8 Å². The Morgan fingerprint density at radius 1 is 1.13 bits per heavy atom. The molecule has 1 aromatic carbocycles. The van der Waals surface area contributed by atoms with Crippen LogP contribution >= 0.6 is 0 Å². The molecule has 0 spiro atoms. The zero-order valence-corrected chi connectivity index (χ0v) is 11.9. The van der Waals surface area contributed by atoms with Gasteiger partial charge in [-0.2, -0.15) is 5.10 Å². The molecule has 8 nitrogen and oxygen atoms in total. The molecule has 0 saturated heterocycles. The molecule has 118 valence electrons. The molecule has 0 aliphatic carbocycles. The third-order valence-electron chi connectivity index (χ3n) is 2.75. The Bertz CT molecular complexity index is 720. The number of amides is 2. The van der Waals surface area contributed by atoms with Crippen LogP contribution in [0, 0.1) is 0 Å². The Kier molecular flexibility index (Phi) is 5.24. The number of carbonyl (C=O) groups excluding carboxylic acids is 2. The number of rotatable bonds is 5. The van der Waals surface area contributed by atoms with E-state index >= 15 is 0 Å². The van der Waals surface area contributed by atoms with Crippen molar-refractivity contribution in [3.63, 3.8) is 0 Å². The van der Waals surface area contributed by atoms with Crippen molar-refractivity contribution in [1.82, 2.24) is 10.7 Å². The lowest BCUT2D eigenvalue weighted by molar-refractivity contribution is -0.139. The molecule has 3 N–H and O–H groups in total. The van der Waals surface area contributed by atoms with Gasteiger partial charge in [0.25, 0.3) is 0 Å². The minimum Gasteiger partial charge on any atom is -0.478 e. The summed E-state index contributed by atoms with van der Waals surface area (Å²) < 4.78 is 5.01. The maximum absolute atomic E-state index is 11.5. The molecule has 23 heavy (non-hydrogen) atoms. The Hall–Kier alpha value is -3.42. The van der Waals surface area contributed by atoms with Crippen molar-refractivity contribution in [3.8, 4) is 0 Å². The average molecular weight is 315 g/mol. The van der Waals surface area contributed by atoms with Gasteiger partial charge in [0, 0.05) is 0 Å². The summed E-state index contributed by atoms with van der Waals surface area (Å²) in [6.07, 6.45) is 2.75. The number of aromatic carboxylic acids is 1. The van der Waals surface area contributed by atoms with Crippen molar-refractivity contribution in [1.29, 1.82) is 0 Å². The zero-order valence-electron chi connectivity index (χ0n) is 11.9. The molecule has 1 heterocycles. The molecule has 0 aliphatic rings. The number of hydrogen-bond acceptors (Lipinski definition) is 5. The number of carbonyl (C=O) groups is 3. The van der Waals surface area contributed by atoms with Crippen molar-refractivity contribution < 1.29 is 23.9 Å². The summed E-state index contributed by atoms with van der Waals surface area (Å²) >= 11 is 0. The first-order chi connectivity index (χ1) is 11.1. The summed E-state index contributed by atoms with van der Waals surface area (Å²) in [5.74, 6) is -2.28. The highest BCUT2D eigenvalue weighted by Gasteiger charge is 2.12. The molecular formula is C15H13N3O5. The molecule has 1 aromatic heterocycles. The van der Waals surface area contributed by atoms with Gasteiger partial charge < -0.3 is 14.8 Å². The van der Waals surface area contributed by atoms with Crippen LogP contribution in [0.3, 0.4) is 0 Å². The first-order valence-electron chi connectivity index (χ1n) is 6.53. The number of carboxylic acid groups (broad SMARTS) is 1. The molecule has 2 aromatic rings. The van der Waals surface area contributed by atoms with E-state index in [-0.39, 0.29) is 12.1 Å². The average Bonchev–Trinajstić information content (AvgIpc) is 3.06. The zero-order chi connectivity index (χ0) is 16.7. The van der Waals surface area contributed by atoms with E-state index in [0.717, 1.165) is 0 Å². The molecule has 0 bridgehead atoms. The van der Waals surface area contributed by atoms with E-state index in [1.807, 2.05) is 0 Å². The van der Waals surface area contributed by atoms with Gasteiger partial charge in [-0.05, 0) is 29.8 Å². The molecule has 0 saturated carbocycles. The monoisotopic (exact) mass is 315 g/mol. The van der Waals surface area contributed by atoms with Crippen molar-refractivity contribution in [2.24, 2.45) is 5.10 Å². The van der Waals surface area contributed by atoms with Gasteiger partial charge in [0.1, 0.15) is 5.76 Å². The quantitative estimate of drug-likeness (QED) is 0.427. The molecule has 0 radical (unpaired) electrons. The minimum absolute atomic E-state index is 0.0968. The van der Waals surface area contributed by atoms with Gasteiger partial charge >= 0.3 is 17.8 Å². The van der Waals surface area contributed by atoms with Gasteiger partial charge in [-0.3, -0.25) is 9.59 Å². The SMILES string of the molecule is O=C(NCc1ccco1)C(=O)NN=Cc1ccc(C(=O)O)cc1. The van der Waals surface area contributed by atoms with Crippen LogP contribution in [0.25, 0.3) is 0 Å². The molecule has 0 fully saturated rings. The number of hydrazone groups is 1. The van der Waals surface area contributed by atoms with Crippen LogP contribution in [0.15, 0.2) is 52.2 Å². The van der Waals surface area contributed by atoms with Gasteiger partial charge in [-0.15, -0.1) is 0 Å². The summed E-state index contributed by atoms with van der Waals surface area (Å²) in [4.78, 5) is 33.7. The number of benzene rings is 1. The van der Waals surface area contributed by atoms with Crippen molar-refractivity contribution in [2.75, 3.05) is 0 Å². The van der Waals surface area contributed by atoms with E-state index in [4.69, 9.17) is 9.52 Å². The number of nitrogens with one attached hydrogen (secondary N) is 2. The lowest BCUT2D eigenvalue weighted by Gasteiger charge is -2.01.